The van der Waals surface area contributed by atoms with Crippen LogP contribution in [0, 0.1) is 5.92 Å². The van der Waals surface area contributed by atoms with Crippen LogP contribution in [0.1, 0.15) is 49.1 Å². The van der Waals surface area contributed by atoms with E-state index in [9.17, 15) is 19.8 Å². The Morgan fingerprint density at radius 1 is 1.13 bits per heavy atom. The van der Waals surface area contributed by atoms with Gasteiger partial charge in [0.1, 0.15) is 17.1 Å². The van der Waals surface area contributed by atoms with Crippen LogP contribution in [0.4, 0.5) is 0 Å². The van der Waals surface area contributed by atoms with Crippen molar-refractivity contribution < 1.29 is 19.8 Å². The van der Waals surface area contributed by atoms with Crippen molar-refractivity contribution in [2.45, 2.75) is 63.6 Å². The largest absolute Gasteiger partial charge is 0.504 e. The minimum atomic E-state index is -0.687. The van der Waals surface area contributed by atoms with Gasteiger partial charge in [-0.3, -0.25) is 9.59 Å². The third kappa shape index (κ3) is 4.59. The first kappa shape index (κ1) is 20.7. The van der Waals surface area contributed by atoms with Crippen LogP contribution in [-0.4, -0.2) is 44.0 Å². The van der Waals surface area contributed by atoms with Gasteiger partial charge in [0.2, 0.25) is 11.8 Å². The minimum absolute atomic E-state index is 0.0663. The molecule has 30 heavy (non-hydrogen) atoms. The van der Waals surface area contributed by atoms with Crippen LogP contribution in [0.15, 0.2) is 29.8 Å². The van der Waals surface area contributed by atoms with Crippen molar-refractivity contribution in [2.75, 3.05) is 0 Å². The zero-order valence-corrected chi connectivity index (χ0v) is 17.6. The highest BCUT2D eigenvalue weighted by Gasteiger charge is 2.41. The highest BCUT2D eigenvalue weighted by Crippen LogP contribution is 2.31. The van der Waals surface area contributed by atoms with Gasteiger partial charge >= 0.3 is 0 Å². The lowest BCUT2D eigenvalue weighted by atomic mass is 9.83. The Labute approximate surface area is 179 Å². The van der Waals surface area contributed by atoms with Crippen molar-refractivity contribution in [3.63, 3.8) is 0 Å². The molecule has 3 N–H and O–H groups in total. The SMILES string of the molecule is O=C1NC(CC2CCCCC2)C(=O)N(Cc2nccs2)C1Cc1ccc(O)c(O)c1. The van der Waals surface area contributed by atoms with Crippen LogP contribution >= 0.6 is 11.3 Å². The van der Waals surface area contributed by atoms with E-state index >= 15 is 0 Å². The molecular weight excluding hydrogens is 402 g/mol. The van der Waals surface area contributed by atoms with Crippen LogP contribution in [0.3, 0.4) is 0 Å². The third-order valence-corrected chi connectivity index (χ3v) is 6.89. The first-order chi connectivity index (χ1) is 14.5. The number of aromatic nitrogens is 1. The minimum Gasteiger partial charge on any atom is -0.504 e. The highest BCUT2D eigenvalue weighted by atomic mass is 32.1. The molecule has 1 aromatic carbocycles. The summed E-state index contributed by atoms with van der Waals surface area (Å²) >= 11 is 1.46. The van der Waals surface area contributed by atoms with Gasteiger partial charge in [-0.1, -0.05) is 38.2 Å². The molecule has 0 radical (unpaired) electrons. The summed E-state index contributed by atoms with van der Waals surface area (Å²) in [6.07, 6.45) is 8.49. The summed E-state index contributed by atoms with van der Waals surface area (Å²) in [5.41, 5.74) is 0.674. The first-order valence-electron chi connectivity index (χ1n) is 10.5. The lowest BCUT2D eigenvalue weighted by Crippen LogP contribution is -2.63. The predicted octanol–water partition coefficient (Wildman–Crippen LogP) is 2.96. The van der Waals surface area contributed by atoms with Gasteiger partial charge in [0.25, 0.3) is 0 Å². The van der Waals surface area contributed by atoms with Gasteiger partial charge in [0.15, 0.2) is 11.5 Å². The lowest BCUT2D eigenvalue weighted by Gasteiger charge is -2.40. The number of amides is 2. The van der Waals surface area contributed by atoms with Gasteiger partial charge in [-0.2, -0.15) is 0 Å². The third-order valence-electron chi connectivity index (χ3n) is 6.13. The van der Waals surface area contributed by atoms with E-state index in [1.807, 2.05) is 5.38 Å². The van der Waals surface area contributed by atoms with Crippen molar-refractivity contribution >= 4 is 23.2 Å². The summed E-state index contributed by atoms with van der Waals surface area (Å²) in [5, 5.41) is 25.0. The number of rotatable bonds is 6. The monoisotopic (exact) mass is 429 g/mol. The van der Waals surface area contributed by atoms with E-state index < -0.39 is 12.1 Å². The van der Waals surface area contributed by atoms with E-state index in [-0.39, 0.29) is 29.7 Å². The van der Waals surface area contributed by atoms with Crippen LogP contribution in [0.25, 0.3) is 0 Å². The molecule has 4 rings (SSSR count). The molecule has 2 aliphatic rings. The molecule has 8 heteroatoms. The molecule has 7 nitrogen and oxygen atoms in total. The molecule has 2 unspecified atom stereocenters. The number of carbonyl (C=O) groups is 2. The van der Waals surface area contributed by atoms with E-state index in [4.69, 9.17) is 0 Å². The Bertz CT molecular complexity index is 896. The maximum Gasteiger partial charge on any atom is 0.246 e. The number of phenols is 2. The molecule has 2 heterocycles. The first-order valence-corrected chi connectivity index (χ1v) is 11.4. The van der Waals surface area contributed by atoms with Gasteiger partial charge < -0.3 is 20.4 Å². The summed E-state index contributed by atoms with van der Waals surface area (Å²) in [5.74, 6) is -0.227. The van der Waals surface area contributed by atoms with Gasteiger partial charge in [0.05, 0.1) is 6.54 Å². The van der Waals surface area contributed by atoms with E-state index in [1.54, 1.807) is 17.2 Å². The van der Waals surface area contributed by atoms with Gasteiger partial charge in [-0.15, -0.1) is 11.3 Å². The Morgan fingerprint density at radius 3 is 2.63 bits per heavy atom. The van der Waals surface area contributed by atoms with Crippen LogP contribution < -0.4 is 5.32 Å². The molecule has 1 aliphatic heterocycles. The van der Waals surface area contributed by atoms with E-state index in [0.717, 1.165) is 17.8 Å². The summed E-state index contributed by atoms with van der Waals surface area (Å²) in [7, 11) is 0. The number of piperazine rings is 1. The number of nitrogens with one attached hydrogen (secondary N) is 1. The topological polar surface area (TPSA) is 103 Å². The highest BCUT2D eigenvalue weighted by molar-refractivity contribution is 7.09. The van der Waals surface area contributed by atoms with E-state index in [1.165, 1.54) is 42.7 Å². The predicted molar refractivity (Wildman–Crippen MR) is 113 cm³/mol. The zero-order chi connectivity index (χ0) is 21.1. The second-order valence-corrected chi connectivity index (χ2v) is 9.22. The number of carbonyl (C=O) groups excluding carboxylic acids is 2. The number of benzene rings is 1. The number of hydrogen-bond acceptors (Lipinski definition) is 6. The lowest BCUT2D eigenvalue weighted by molar-refractivity contribution is -0.150. The number of hydrogen-bond donors (Lipinski definition) is 3. The summed E-state index contributed by atoms with van der Waals surface area (Å²) in [4.78, 5) is 32.4. The molecule has 160 valence electrons. The Balaban J connectivity index is 1.55. The number of phenolic OH excluding ortho intramolecular Hbond substituents is 2. The molecule has 2 aromatic rings. The molecule has 0 spiro atoms. The maximum absolute atomic E-state index is 13.4. The molecule has 0 bridgehead atoms. The van der Waals surface area contributed by atoms with Crippen molar-refractivity contribution in [3.8, 4) is 11.5 Å². The number of nitrogens with zero attached hydrogens (tertiary/aromatic N) is 2. The zero-order valence-electron chi connectivity index (χ0n) is 16.8. The van der Waals surface area contributed by atoms with Crippen LogP contribution in [0.5, 0.6) is 11.5 Å². The molecule has 2 amide bonds. The smallest absolute Gasteiger partial charge is 0.246 e. The molecular formula is C22H27N3O4S. The van der Waals surface area contributed by atoms with Crippen molar-refractivity contribution in [1.29, 1.82) is 0 Å². The molecule has 2 fully saturated rings. The quantitative estimate of drug-likeness (QED) is 0.613. The summed E-state index contributed by atoms with van der Waals surface area (Å²) < 4.78 is 0. The average molecular weight is 430 g/mol. The van der Waals surface area contributed by atoms with Crippen molar-refractivity contribution in [1.82, 2.24) is 15.2 Å². The average Bonchev–Trinajstić information content (AvgIpc) is 3.25. The van der Waals surface area contributed by atoms with E-state index in [2.05, 4.69) is 10.3 Å². The second kappa shape index (κ2) is 9.04. The van der Waals surface area contributed by atoms with Crippen LogP contribution in [0.2, 0.25) is 0 Å². The molecule has 1 aliphatic carbocycles. The van der Waals surface area contributed by atoms with Gasteiger partial charge in [-0.05, 0) is 30.0 Å². The Morgan fingerprint density at radius 2 is 1.93 bits per heavy atom. The fourth-order valence-electron chi connectivity index (χ4n) is 4.53. The Hall–Kier alpha value is -2.61. The number of thiazole rings is 1. The fourth-order valence-corrected chi connectivity index (χ4v) is 5.14. The van der Waals surface area contributed by atoms with E-state index in [0.29, 0.717) is 24.4 Å². The fraction of sp³-hybridized carbons (Fsp3) is 0.500. The van der Waals surface area contributed by atoms with Gasteiger partial charge in [0, 0.05) is 18.0 Å². The van der Waals surface area contributed by atoms with Crippen molar-refractivity contribution in [3.05, 3.63) is 40.3 Å². The van der Waals surface area contributed by atoms with Gasteiger partial charge in [-0.25, -0.2) is 4.98 Å². The summed E-state index contributed by atoms with van der Waals surface area (Å²) in [6.45, 7) is 0.291. The number of aromatic hydroxyl groups is 2. The Kier molecular flexibility index (Phi) is 6.22. The normalized spacial score (nSPS) is 22.9. The second-order valence-electron chi connectivity index (χ2n) is 8.24. The molecule has 1 saturated heterocycles. The molecule has 1 saturated carbocycles. The van der Waals surface area contributed by atoms with Crippen LogP contribution in [-0.2, 0) is 22.6 Å². The van der Waals surface area contributed by atoms with Crippen molar-refractivity contribution in [2.24, 2.45) is 5.92 Å². The summed E-state index contributed by atoms with van der Waals surface area (Å²) in [6, 6.07) is 3.30. The maximum atomic E-state index is 13.4. The molecule has 2 atom stereocenters. The molecule has 1 aromatic heterocycles. The standard InChI is InChI=1S/C22H27N3O4S/c26-18-7-6-15(12-19(18)27)11-17-21(28)24-16(10-14-4-2-1-3-5-14)22(29)25(17)13-20-23-8-9-30-20/h6-9,12,14,16-17,26-27H,1-5,10-11,13H2,(H,24,28).